The number of carbonyl (C=O) groups excluding carboxylic acids is 1. The summed E-state index contributed by atoms with van der Waals surface area (Å²) < 4.78 is 5.85. The molecular formula is C13H16INO2. The Balaban J connectivity index is 2.10. The molecule has 0 unspecified atom stereocenters. The number of likely N-dealkylation sites (tertiary alicyclic amines) is 1. The smallest absolute Gasteiger partial charge is 0.337 e. The van der Waals surface area contributed by atoms with Crippen LogP contribution in [0.25, 0.3) is 0 Å². The lowest BCUT2D eigenvalue weighted by Gasteiger charge is -2.16. The van der Waals surface area contributed by atoms with Crippen LogP contribution in [-0.2, 0) is 11.3 Å². The molecule has 1 aliphatic heterocycles. The number of esters is 1. The van der Waals surface area contributed by atoms with Crippen LogP contribution in [0.5, 0.6) is 0 Å². The van der Waals surface area contributed by atoms with Crippen LogP contribution < -0.4 is 0 Å². The Kier molecular flexibility index (Phi) is 4.39. The summed E-state index contributed by atoms with van der Waals surface area (Å²) in [6, 6.07) is 5.78. The lowest BCUT2D eigenvalue weighted by molar-refractivity contribution is 0.0600. The number of carbonyl (C=O) groups is 1. The monoisotopic (exact) mass is 345 g/mol. The Hall–Kier alpha value is -0.620. The molecule has 3 nitrogen and oxygen atoms in total. The van der Waals surface area contributed by atoms with Gasteiger partial charge in [-0.05, 0) is 66.2 Å². The second kappa shape index (κ2) is 5.82. The van der Waals surface area contributed by atoms with Crippen LogP contribution in [0.2, 0.25) is 0 Å². The Labute approximate surface area is 115 Å². The minimum Gasteiger partial charge on any atom is -0.465 e. The third kappa shape index (κ3) is 3.19. The molecule has 2 rings (SSSR count). The average molecular weight is 345 g/mol. The molecule has 1 heterocycles. The SMILES string of the molecule is COC(=O)c1ccc(CN2CCCC2)c(I)c1. The number of benzene rings is 1. The Morgan fingerprint density at radius 1 is 1.41 bits per heavy atom. The second-order valence-electron chi connectivity index (χ2n) is 4.28. The first-order valence-electron chi connectivity index (χ1n) is 5.80. The minimum absolute atomic E-state index is 0.268. The Morgan fingerprint density at radius 3 is 2.71 bits per heavy atom. The fourth-order valence-corrected chi connectivity index (χ4v) is 2.79. The number of hydrogen-bond acceptors (Lipinski definition) is 3. The van der Waals surface area contributed by atoms with Crippen LogP contribution in [0.4, 0.5) is 0 Å². The van der Waals surface area contributed by atoms with Gasteiger partial charge < -0.3 is 4.74 Å². The van der Waals surface area contributed by atoms with E-state index in [1.807, 2.05) is 18.2 Å². The minimum atomic E-state index is -0.268. The topological polar surface area (TPSA) is 29.5 Å². The summed E-state index contributed by atoms with van der Waals surface area (Å²) in [5.41, 5.74) is 1.92. The van der Waals surface area contributed by atoms with Crippen LogP contribution in [0, 0.1) is 3.57 Å². The van der Waals surface area contributed by atoms with E-state index in [0.29, 0.717) is 5.56 Å². The van der Waals surface area contributed by atoms with E-state index in [4.69, 9.17) is 4.74 Å². The van der Waals surface area contributed by atoms with Gasteiger partial charge in [-0.15, -0.1) is 0 Å². The molecular weight excluding hydrogens is 329 g/mol. The van der Waals surface area contributed by atoms with Gasteiger partial charge in [0.05, 0.1) is 12.7 Å². The largest absolute Gasteiger partial charge is 0.465 e. The second-order valence-corrected chi connectivity index (χ2v) is 5.44. The molecule has 1 aromatic carbocycles. The van der Waals surface area contributed by atoms with Crippen molar-refractivity contribution in [2.75, 3.05) is 20.2 Å². The van der Waals surface area contributed by atoms with Crippen molar-refractivity contribution in [1.82, 2.24) is 4.90 Å². The van der Waals surface area contributed by atoms with Gasteiger partial charge in [-0.25, -0.2) is 4.79 Å². The number of rotatable bonds is 3. The maximum atomic E-state index is 11.4. The van der Waals surface area contributed by atoms with E-state index < -0.39 is 0 Å². The Bertz CT molecular complexity index is 414. The molecule has 0 spiro atoms. The molecule has 92 valence electrons. The summed E-state index contributed by atoms with van der Waals surface area (Å²) in [4.78, 5) is 13.8. The zero-order chi connectivity index (χ0) is 12.3. The molecule has 0 N–H and O–H groups in total. The average Bonchev–Trinajstić information content (AvgIpc) is 2.83. The highest BCUT2D eigenvalue weighted by Gasteiger charge is 2.14. The highest BCUT2D eigenvalue weighted by molar-refractivity contribution is 14.1. The van der Waals surface area contributed by atoms with E-state index >= 15 is 0 Å². The molecule has 0 aromatic heterocycles. The fraction of sp³-hybridized carbons (Fsp3) is 0.462. The van der Waals surface area contributed by atoms with Gasteiger partial charge in [0, 0.05) is 10.1 Å². The predicted molar refractivity (Wildman–Crippen MR) is 75.0 cm³/mol. The van der Waals surface area contributed by atoms with Crippen LogP contribution in [0.1, 0.15) is 28.8 Å². The summed E-state index contributed by atoms with van der Waals surface area (Å²) in [7, 11) is 1.41. The summed E-state index contributed by atoms with van der Waals surface area (Å²) >= 11 is 2.29. The van der Waals surface area contributed by atoms with Crippen molar-refractivity contribution in [2.45, 2.75) is 19.4 Å². The number of ether oxygens (including phenoxy) is 1. The maximum absolute atomic E-state index is 11.4. The number of halogens is 1. The molecule has 1 aliphatic rings. The molecule has 0 saturated carbocycles. The molecule has 0 bridgehead atoms. The molecule has 0 radical (unpaired) electrons. The quantitative estimate of drug-likeness (QED) is 0.623. The van der Waals surface area contributed by atoms with E-state index in [1.165, 1.54) is 38.6 Å². The first-order chi connectivity index (χ1) is 8.20. The predicted octanol–water partition coefficient (Wildman–Crippen LogP) is 2.67. The zero-order valence-corrected chi connectivity index (χ0v) is 12.1. The summed E-state index contributed by atoms with van der Waals surface area (Å²) in [5, 5.41) is 0. The van der Waals surface area contributed by atoms with E-state index in [-0.39, 0.29) is 5.97 Å². The molecule has 1 saturated heterocycles. The number of nitrogens with zero attached hydrogens (tertiary/aromatic N) is 1. The summed E-state index contributed by atoms with van der Waals surface area (Å²) in [6.07, 6.45) is 2.60. The lowest BCUT2D eigenvalue weighted by Crippen LogP contribution is -2.19. The van der Waals surface area contributed by atoms with E-state index in [0.717, 1.165) is 10.1 Å². The Morgan fingerprint density at radius 2 is 2.12 bits per heavy atom. The van der Waals surface area contributed by atoms with Crippen molar-refractivity contribution >= 4 is 28.6 Å². The molecule has 1 fully saturated rings. The van der Waals surface area contributed by atoms with Crippen LogP contribution >= 0.6 is 22.6 Å². The van der Waals surface area contributed by atoms with Crippen molar-refractivity contribution in [1.29, 1.82) is 0 Å². The first kappa shape index (κ1) is 12.8. The molecule has 1 aromatic rings. The third-order valence-corrected chi connectivity index (χ3v) is 4.07. The third-order valence-electron chi connectivity index (χ3n) is 3.07. The van der Waals surface area contributed by atoms with Gasteiger partial charge in [0.2, 0.25) is 0 Å². The van der Waals surface area contributed by atoms with Crippen LogP contribution in [0.3, 0.4) is 0 Å². The van der Waals surface area contributed by atoms with Gasteiger partial charge in [0.1, 0.15) is 0 Å². The van der Waals surface area contributed by atoms with Crippen molar-refractivity contribution in [2.24, 2.45) is 0 Å². The number of hydrogen-bond donors (Lipinski definition) is 0. The first-order valence-corrected chi connectivity index (χ1v) is 6.87. The normalized spacial score (nSPS) is 16.1. The van der Waals surface area contributed by atoms with E-state index in [2.05, 4.69) is 27.5 Å². The molecule has 4 heteroatoms. The lowest BCUT2D eigenvalue weighted by atomic mass is 10.1. The van der Waals surface area contributed by atoms with E-state index in [9.17, 15) is 4.79 Å². The van der Waals surface area contributed by atoms with Crippen molar-refractivity contribution < 1.29 is 9.53 Å². The molecule has 0 aliphatic carbocycles. The molecule has 17 heavy (non-hydrogen) atoms. The van der Waals surface area contributed by atoms with Crippen molar-refractivity contribution in [3.8, 4) is 0 Å². The van der Waals surface area contributed by atoms with E-state index in [1.54, 1.807) is 0 Å². The fourth-order valence-electron chi connectivity index (χ4n) is 2.10. The van der Waals surface area contributed by atoms with Gasteiger partial charge in [-0.2, -0.15) is 0 Å². The van der Waals surface area contributed by atoms with Gasteiger partial charge in [-0.3, -0.25) is 4.90 Å². The zero-order valence-electron chi connectivity index (χ0n) is 9.91. The molecule has 0 atom stereocenters. The van der Waals surface area contributed by atoms with Crippen LogP contribution in [0.15, 0.2) is 18.2 Å². The van der Waals surface area contributed by atoms with Crippen LogP contribution in [-0.4, -0.2) is 31.1 Å². The van der Waals surface area contributed by atoms with Gasteiger partial charge >= 0.3 is 5.97 Å². The van der Waals surface area contributed by atoms with Crippen molar-refractivity contribution in [3.63, 3.8) is 0 Å². The standard InChI is InChI=1S/C13H16INO2/c1-17-13(16)10-4-5-11(12(14)8-10)9-15-6-2-3-7-15/h4-5,8H,2-3,6-7,9H2,1H3. The van der Waals surface area contributed by atoms with Gasteiger partial charge in [0.25, 0.3) is 0 Å². The van der Waals surface area contributed by atoms with Crippen molar-refractivity contribution in [3.05, 3.63) is 32.9 Å². The number of methoxy groups -OCH3 is 1. The maximum Gasteiger partial charge on any atom is 0.337 e. The van der Waals surface area contributed by atoms with Gasteiger partial charge in [0.15, 0.2) is 0 Å². The summed E-state index contributed by atoms with van der Waals surface area (Å²) in [6.45, 7) is 3.36. The summed E-state index contributed by atoms with van der Waals surface area (Å²) in [5.74, 6) is -0.268. The van der Waals surface area contributed by atoms with Gasteiger partial charge in [-0.1, -0.05) is 6.07 Å². The highest BCUT2D eigenvalue weighted by atomic mass is 127. The molecule has 0 amide bonds. The highest BCUT2D eigenvalue weighted by Crippen LogP contribution is 2.19.